The summed E-state index contributed by atoms with van der Waals surface area (Å²) in [5.74, 6) is -3.11. The van der Waals surface area contributed by atoms with Crippen molar-refractivity contribution in [3.05, 3.63) is 59.7 Å². The van der Waals surface area contributed by atoms with Crippen LogP contribution in [0.3, 0.4) is 0 Å². The van der Waals surface area contributed by atoms with Crippen LogP contribution < -0.4 is 0 Å². The maximum absolute atomic E-state index is 11.5. The molecule has 0 bridgehead atoms. The number of phenols is 4. The zero-order valence-corrected chi connectivity index (χ0v) is 12.8. The van der Waals surface area contributed by atoms with E-state index in [1.807, 2.05) is 0 Å². The largest absolute Gasteiger partial charge is 0.504 e. The molecule has 0 heterocycles. The highest BCUT2D eigenvalue weighted by atomic mass is 16.6. The van der Waals surface area contributed by atoms with Gasteiger partial charge < -0.3 is 25.2 Å². The number of rotatable bonds is 4. The summed E-state index contributed by atoms with van der Waals surface area (Å²) >= 11 is 0. The zero-order chi connectivity index (χ0) is 18.4. The number of benzene rings is 2. The molecule has 0 saturated heterocycles. The summed E-state index contributed by atoms with van der Waals surface area (Å²) in [6, 6.07) is 7.88. The molecular formula is C18H14O7. The van der Waals surface area contributed by atoms with E-state index in [-0.39, 0.29) is 23.0 Å². The van der Waals surface area contributed by atoms with Gasteiger partial charge in [-0.3, -0.25) is 0 Å². The predicted octanol–water partition coefficient (Wildman–Crippen LogP) is 2.31. The number of hydrogen-bond donors (Lipinski definition) is 4. The van der Waals surface area contributed by atoms with Gasteiger partial charge in [-0.05, 0) is 47.5 Å². The van der Waals surface area contributed by atoms with Crippen molar-refractivity contribution in [3.8, 4) is 23.0 Å². The van der Waals surface area contributed by atoms with E-state index in [9.17, 15) is 30.0 Å². The average molecular weight is 342 g/mol. The molecule has 2 rings (SSSR count). The van der Waals surface area contributed by atoms with Crippen LogP contribution in [0.4, 0.5) is 0 Å². The Hall–Kier alpha value is -3.74. The third-order valence-corrected chi connectivity index (χ3v) is 3.02. The molecule has 0 aromatic heterocycles. The lowest BCUT2D eigenvalue weighted by Crippen LogP contribution is -2.06. The minimum absolute atomic E-state index is 0.291. The first-order valence-corrected chi connectivity index (χ1v) is 7.01. The molecule has 0 aliphatic rings. The maximum atomic E-state index is 11.5. The SMILES string of the molecule is O=C(C=Cc1ccc(O)c(O)c1)OC(=O)C=Cc1ccc(O)c(O)c1. The summed E-state index contributed by atoms with van der Waals surface area (Å²) in [6.45, 7) is 0. The van der Waals surface area contributed by atoms with Gasteiger partial charge in [0.05, 0.1) is 0 Å². The first kappa shape index (κ1) is 17.6. The molecule has 0 aliphatic heterocycles. The molecule has 2 aromatic rings. The molecule has 2 aromatic carbocycles. The Bertz CT molecular complexity index is 794. The fourth-order valence-corrected chi connectivity index (χ4v) is 1.78. The van der Waals surface area contributed by atoms with Gasteiger partial charge >= 0.3 is 11.9 Å². The van der Waals surface area contributed by atoms with E-state index in [1.54, 1.807) is 0 Å². The maximum Gasteiger partial charge on any atom is 0.338 e. The van der Waals surface area contributed by atoms with E-state index >= 15 is 0 Å². The van der Waals surface area contributed by atoms with Crippen molar-refractivity contribution in [2.45, 2.75) is 0 Å². The molecule has 128 valence electrons. The van der Waals surface area contributed by atoms with E-state index in [0.717, 1.165) is 12.2 Å². The Morgan fingerprint density at radius 3 is 1.44 bits per heavy atom. The van der Waals surface area contributed by atoms with E-state index in [0.29, 0.717) is 11.1 Å². The predicted molar refractivity (Wildman–Crippen MR) is 88.7 cm³/mol. The van der Waals surface area contributed by atoms with Gasteiger partial charge in [-0.15, -0.1) is 0 Å². The van der Waals surface area contributed by atoms with Crippen molar-refractivity contribution >= 4 is 24.1 Å². The molecule has 4 N–H and O–H groups in total. The van der Waals surface area contributed by atoms with Gasteiger partial charge in [-0.2, -0.15) is 0 Å². The summed E-state index contributed by atoms with van der Waals surface area (Å²) in [5.41, 5.74) is 0.851. The second kappa shape index (κ2) is 7.69. The number of hydrogen-bond acceptors (Lipinski definition) is 7. The Morgan fingerprint density at radius 2 is 1.08 bits per heavy atom. The molecular weight excluding hydrogens is 328 g/mol. The third kappa shape index (κ3) is 5.14. The van der Waals surface area contributed by atoms with Gasteiger partial charge in [-0.1, -0.05) is 12.1 Å². The highest BCUT2D eigenvalue weighted by Crippen LogP contribution is 2.26. The first-order chi connectivity index (χ1) is 11.8. The van der Waals surface area contributed by atoms with Crippen molar-refractivity contribution in [1.82, 2.24) is 0 Å². The Balaban J connectivity index is 1.94. The van der Waals surface area contributed by atoms with E-state index in [4.69, 9.17) is 0 Å². The van der Waals surface area contributed by atoms with Crippen LogP contribution in [-0.4, -0.2) is 32.4 Å². The minimum Gasteiger partial charge on any atom is -0.504 e. The third-order valence-electron chi connectivity index (χ3n) is 3.02. The summed E-state index contributed by atoms with van der Waals surface area (Å²) in [4.78, 5) is 23.1. The van der Waals surface area contributed by atoms with Crippen molar-refractivity contribution in [3.63, 3.8) is 0 Å². The minimum atomic E-state index is -0.921. The second-order valence-electron chi connectivity index (χ2n) is 4.90. The molecule has 0 aliphatic carbocycles. The number of aromatic hydroxyl groups is 4. The van der Waals surface area contributed by atoms with E-state index in [1.165, 1.54) is 48.6 Å². The highest BCUT2D eigenvalue weighted by molar-refractivity contribution is 5.99. The lowest BCUT2D eigenvalue weighted by Gasteiger charge is -1.99. The number of esters is 2. The molecule has 0 unspecified atom stereocenters. The number of phenolic OH excluding ortho intramolecular Hbond substituents is 4. The van der Waals surface area contributed by atoms with Gasteiger partial charge in [0.15, 0.2) is 23.0 Å². The number of carbonyl (C=O) groups excluding carboxylic acids is 2. The number of ether oxygens (including phenoxy) is 1. The average Bonchev–Trinajstić information content (AvgIpc) is 2.57. The van der Waals surface area contributed by atoms with Gasteiger partial charge in [0, 0.05) is 12.2 Å². The molecule has 0 spiro atoms. The van der Waals surface area contributed by atoms with Crippen LogP contribution in [0, 0.1) is 0 Å². The molecule has 0 amide bonds. The Kier molecular flexibility index (Phi) is 5.42. The topological polar surface area (TPSA) is 124 Å². The lowest BCUT2D eigenvalue weighted by molar-refractivity contribution is -0.152. The van der Waals surface area contributed by atoms with Gasteiger partial charge in [-0.25, -0.2) is 9.59 Å². The van der Waals surface area contributed by atoms with Crippen LogP contribution in [-0.2, 0) is 14.3 Å². The van der Waals surface area contributed by atoms with Gasteiger partial charge in [0.1, 0.15) is 0 Å². The summed E-state index contributed by atoms with van der Waals surface area (Å²) in [6.07, 6.45) is 4.58. The summed E-state index contributed by atoms with van der Waals surface area (Å²) in [7, 11) is 0. The smallest absolute Gasteiger partial charge is 0.338 e. The van der Waals surface area contributed by atoms with Crippen LogP contribution in [0.5, 0.6) is 23.0 Å². The molecule has 7 heteroatoms. The molecule has 25 heavy (non-hydrogen) atoms. The molecule has 0 atom stereocenters. The fourth-order valence-electron chi connectivity index (χ4n) is 1.78. The van der Waals surface area contributed by atoms with Crippen molar-refractivity contribution in [2.24, 2.45) is 0 Å². The van der Waals surface area contributed by atoms with Crippen LogP contribution in [0.25, 0.3) is 12.2 Å². The fraction of sp³-hybridized carbons (Fsp3) is 0. The number of carbonyl (C=O) groups is 2. The normalized spacial score (nSPS) is 11.0. The van der Waals surface area contributed by atoms with Crippen LogP contribution in [0.15, 0.2) is 48.6 Å². The van der Waals surface area contributed by atoms with Crippen molar-refractivity contribution < 1.29 is 34.8 Å². The van der Waals surface area contributed by atoms with E-state index in [2.05, 4.69) is 4.74 Å². The summed E-state index contributed by atoms with van der Waals surface area (Å²) in [5, 5.41) is 37.0. The van der Waals surface area contributed by atoms with Crippen molar-refractivity contribution in [2.75, 3.05) is 0 Å². The highest BCUT2D eigenvalue weighted by Gasteiger charge is 2.05. The molecule has 0 radical (unpaired) electrons. The van der Waals surface area contributed by atoms with E-state index < -0.39 is 11.9 Å². The monoisotopic (exact) mass is 342 g/mol. The van der Waals surface area contributed by atoms with Crippen LogP contribution in [0.1, 0.15) is 11.1 Å². The second-order valence-corrected chi connectivity index (χ2v) is 4.90. The van der Waals surface area contributed by atoms with Gasteiger partial charge in [0.25, 0.3) is 0 Å². The lowest BCUT2D eigenvalue weighted by atomic mass is 10.2. The Labute approximate surface area is 142 Å². The molecule has 0 saturated carbocycles. The standard InChI is InChI=1S/C18H14O7/c19-13-5-1-11(9-15(13)21)3-7-17(23)25-18(24)8-4-12-2-6-14(20)16(22)10-12/h1-10,19-22H. The molecule has 0 fully saturated rings. The zero-order valence-electron chi connectivity index (χ0n) is 12.8. The van der Waals surface area contributed by atoms with Gasteiger partial charge in [0.2, 0.25) is 0 Å². The Morgan fingerprint density at radius 1 is 0.680 bits per heavy atom. The van der Waals surface area contributed by atoms with Crippen molar-refractivity contribution in [1.29, 1.82) is 0 Å². The summed E-state index contributed by atoms with van der Waals surface area (Å²) < 4.78 is 4.53. The quantitative estimate of drug-likeness (QED) is 0.291. The molecule has 7 nitrogen and oxygen atoms in total. The van der Waals surface area contributed by atoms with Crippen LogP contribution in [0.2, 0.25) is 0 Å². The first-order valence-electron chi connectivity index (χ1n) is 7.01. The van der Waals surface area contributed by atoms with Crippen LogP contribution >= 0.6 is 0 Å².